The smallest absolute Gasteiger partial charge is 0.371 e. The van der Waals surface area contributed by atoms with Gasteiger partial charge in [0.2, 0.25) is 5.76 Å². The fourth-order valence-corrected chi connectivity index (χ4v) is 2.11. The van der Waals surface area contributed by atoms with E-state index in [1.54, 1.807) is 24.3 Å². The van der Waals surface area contributed by atoms with E-state index in [-0.39, 0.29) is 11.6 Å². The first-order chi connectivity index (χ1) is 10.1. The molecule has 2 aromatic carbocycles. The second-order valence-electron chi connectivity index (χ2n) is 4.62. The maximum atomic E-state index is 13.5. The second-order valence-corrected chi connectivity index (χ2v) is 4.62. The summed E-state index contributed by atoms with van der Waals surface area (Å²) in [5.41, 5.74) is 1.85. The van der Waals surface area contributed by atoms with E-state index in [4.69, 9.17) is 9.52 Å². The van der Waals surface area contributed by atoms with E-state index in [0.29, 0.717) is 23.2 Å². The van der Waals surface area contributed by atoms with Crippen LogP contribution in [0.3, 0.4) is 0 Å². The Bertz CT molecular complexity index is 810. The molecule has 1 heterocycles. The van der Waals surface area contributed by atoms with Crippen molar-refractivity contribution in [3.8, 4) is 0 Å². The van der Waals surface area contributed by atoms with Crippen LogP contribution in [0.2, 0.25) is 0 Å². The van der Waals surface area contributed by atoms with Gasteiger partial charge < -0.3 is 14.8 Å². The van der Waals surface area contributed by atoms with Gasteiger partial charge >= 0.3 is 5.97 Å². The Labute approximate surface area is 119 Å². The van der Waals surface area contributed by atoms with Crippen LogP contribution in [0.1, 0.15) is 16.1 Å². The third-order valence-electron chi connectivity index (χ3n) is 3.15. The van der Waals surface area contributed by atoms with Crippen LogP contribution >= 0.6 is 0 Å². The first kappa shape index (κ1) is 13.2. The van der Waals surface area contributed by atoms with Gasteiger partial charge in [-0.2, -0.15) is 0 Å². The second kappa shape index (κ2) is 5.28. The Morgan fingerprint density at radius 1 is 1.19 bits per heavy atom. The van der Waals surface area contributed by atoms with Crippen molar-refractivity contribution in [1.82, 2.24) is 0 Å². The van der Waals surface area contributed by atoms with Crippen molar-refractivity contribution in [2.75, 3.05) is 5.32 Å². The molecule has 4 nitrogen and oxygen atoms in total. The first-order valence-corrected chi connectivity index (χ1v) is 6.37. The predicted molar refractivity (Wildman–Crippen MR) is 76.9 cm³/mol. The number of carboxylic acid groups (broad SMARTS) is 1. The zero-order valence-corrected chi connectivity index (χ0v) is 11.0. The van der Waals surface area contributed by atoms with Crippen LogP contribution in [0.5, 0.6) is 0 Å². The lowest BCUT2D eigenvalue weighted by molar-refractivity contribution is 0.0665. The topological polar surface area (TPSA) is 62.5 Å². The van der Waals surface area contributed by atoms with Crippen molar-refractivity contribution in [2.45, 2.75) is 6.54 Å². The number of carbonyl (C=O) groups is 1. The first-order valence-electron chi connectivity index (χ1n) is 6.37. The predicted octanol–water partition coefficient (Wildman–Crippen LogP) is 3.88. The summed E-state index contributed by atoms with van der Waals surface area (Å²) in [6, 6.07) is 13.2. The largest absolute Gasteiger partial charge is 0.475 e. The van der Waals surface area contributed by atoms with Crippen molar-refractivity contribution in [3.63, 3.8) is 0 Å². The number of fused-ring (bicyclic) bond motifs is 1. The van der Waals surface area contributed by atoms with Gasteiger partial charge in [-0.25, -0.2) is 9.18 Å². The van der Waals surface area contributed by atoms with Crippen LogP contribution in [0.15, 0.2) is 52.9 Å². The Hall–Kier alpha value is -2.82. The molecule has 0 amide bonds. The van der Waals surface area contributed by atoms with E-state index < -0.39 is 5.97 Å². The minimum absolute atomic E-state index is 0.0933. The minimum Gasteiger partial charge on any atom is -0.475 e. The number of para-hydroxylation sites is 1. The third-order valence-corrected chi connectivity index (χ3v) is 3.15. The number of halogens is 1. The molecule has 0 fully saturated rings. The summed E-state index contributed by atoms with van der Waals surface area (Å²) in [4.78, 5) is 10.9. The molecule has 0 saturated carbocycles. The molecule has 1 aromatic heterocycles. The normalized spacial score (nSPS) is 10.7. The highest BCUT2D eigenvalue weighted by Gasteiger charge is 2.10. The lowest BCUT2D eigenvalue weighted by Gasteiger charge is -2.07. The standard InChI is InChI=1S/C16H12FNO3/c17-12-3-1-2-4-13(12)18-9-10-5-6-14-11(7-10)8-15(21-14)16(19)20/h1-8,18H,9H2,(H,19,20). The summed E-state index contributed by atoms with van der Waals surface area (Å²) in [5, 5.41) is 12.6. The Morgan fingerprint density at radius 2 is 2.00 bits per heavy atom. The zero-order chi connectivity index (χ0) is 14.8. The van der Waals surface area contributed by atoms with E-state index in [1.165, 1.54) is 12.1 Å². The molecule has 0 aliphatic rings. The number of anilines is 1. The molecule has 3 aromatic rings. The monoisotopic (exact) mass is 285 g/mol. The van der Waals surface area contributed by atoms with Gasteiger partial charge in [0.05, 0.1) is 5.69 Å². The molecule has 0 aliphatic heterocycles. The molecule has 21 heavy (non-hydrogen) atoms. The number of aromatic carboxylic acids is 1. The van der Waals surface area contributed by atoms with E-state index in [9.17, 15) is 9.18 Å². The third kappa shape index (κ3) is 2.72. The minimum atomic E-state index is -1.10. The van der Waals surface area contributed by atoms with E-state index >= 15 is 0 Å². The van der Waals surface area contributed by atoms with Crippen LogP contribution in [0.4, 0.5) is 10.1 Å². The highest BCUT2D eigenvalue weighted by Crippen LogP contribution is 2.22. The summed E-state index contributed by atoms with van der Waals surface area (Å²) in [6.45, 7) is 0.435. The number of benzene rings is 2. The average molecular weight is 285 g/mol. The van der Waals surface area contributed by atoms with Crippen molar-refractivity contribution in [2.24, 2.45) is 0 Å². The molecule has 3 rings (SSSR count). The quantitative estimate of drug-likeness (QED) is 0.763. The van der Waals surface area contributed by atoms with Gasteiger partial charge in [-0.15, -0.1) is 0 Å². The SMILES string of the molecule is O=C(O)c1cc2cc(CNc3ccccc3F)ccc2o1. The fraction of sp³-hybridized carbons (Fsp3) is 0.0625. The van der Waals surface area contributed by atoms with E-state index in [2.05, 4.69) is 5.32 Å². The van der Waals surface area contributed by atoms with E-state index in [1.807, 2.05) is 12.1 Å². The van der Waals surface area contributed by atoms with Crippen molar-refractivity contribution < 1.29 is 18.7 Å². The van der Waals surface area contributed by atoms with Crippen LogP contribution in [0, 0.1) is 5.82 Å². The molecule has 0 radical (unpaired) electrons. The van der Waals surface area contributed by atoms with Gasteiger partial charge in [0.1, 0.15) is 11.4 Å². The number of carboxylic acids is 1. The van der Waals surface area contributed by atoms with Crippen molar-refractivity contribution >= 4 is 22.6 Å². The Balaban J connectivity index is 1.81. The molecule has 0 atom stereocenters. The highest BCUT2D eigenvalue weighted by molar-refractivity contribution is 5.91. The number of nitrogens with one attached hydrogen (secondary N) is 1. The zero-order valence-electron chi connectivity index (χ0n) is 11.0. The molecule has 0 unspecified atom stereocenters. The molecule has 0 aliphatic carbocycles. The van der Waals surface area contributed by atoms with Crippen LogP contribution in [-0.4, -0.2) is 11.1 Å². The summed E-state index contributed by atoms with van der Waals surface area (Å²) >= 11 is 0. The molecule has 0 spiro atoms. The lowest BCUT2D eigenvalue weighted by atomic mass is 10.1. The molecular weight excluding hydrogens is 273 g/mol. The summed E-state index contributed by atoms with van der Waals surface area (Å²) in [7, 11) is 0. The van der Waals surface area contributed by atoms with E-state index in [0.717, 1.165) is 5.56 Å². The molecule has 2 N–H and O–H groups in total. The molecular formula is C16H12FNO3. The van der Waals surface area contributed by atoms with Crippen LogP contribution < -0.4 is 5.32 Å². The molecule has 0 bridgehead atoms. The summed E-state index contributed by atoms with van der Waals surface area (Å²) in [6.07, 6.45) is 0. The molecule has 5 heteroatoms. The number of hydrogen-bond donors (Lipinski definition) is 2. The van der Waals surface area contributed by atoms with Gasteiger partial charge in [-0.1, -0.05) is 18.2 Å². The molecule has 0 saturated heterocycles. The average Bonchev–Trinajstić information content (AvgIpc) is 2.90. The number of furan rings is 1. The van der Waals surface area contributed by atoms with Crippen molar-refractivity contribution in [1.29, 1.82) is 0 Å². The Morgan fingerprint density at radius 3 is 2.76 bits per heavy atom. The summed E-state index contributed by atoms with van der Waals surface area (Å²) < 4.78 is 18.7. The van der Waals surface area contributed by atoms with Gasteiger partial charge in [-0.3, -0.25) is 0 Å². The lowest BCUT2D eigenvalue weighted by Crippen LogP contribution is -2.00. The molecule has 106 valence electrons. The van der Waals surface area contributed by atoms with Gasteiger partial charge in [0, 0.05) is 11.9 Å². The highest BCUT2D eigenvalue weighted by atomic mass is 19.1. The van der Waals surface area contributed by atoms with Gasteiger partial charge in [-0.05, 0) is 35.9 Å². The van der Waals surface area contributed by atoms with Crippen LogP contribution in [0.25, 0.3) is 11.0 Å². The van der Waals surface area contributed by atoms with Crippen molar-refractivity contribution in [3.05, 3.63) is 65.7 Å². The number of hydrogen-bond acceptors (Lipinski definition) is 3. The summed E-state index contributed by atoms with van der Waals surface area (Å²) in [5.74, 6) is -1.50. The fourth-order valence-electron chi connectivity index (χ4n) is 2.11. The van der Waals surface area contributed by atoms with Gasteiger partial charge in [0.15, 0.2) is 0 Å². The maximum absolute atomic E-state index is 13.5. The number of rotatable bonds is 4. The Kier molecular flexibility index (Phi) is 3.31. The van der Waals surface area contributed by atoms with Gasteiger partial charge in [0.25, 0.3) is 0 Å². The maximum Gasteiger partial charge on any atom is 0.371 e. The van der Waals surface area contributed by atoms with Crippen LogP contribution in [-0.2, 0) is 6.54 Å².